The van der Waals surface area contributed by atoms with Crippen molar-refractivity contribution in [3.05, 3.63) is 84.6 Å². The first-order valence-corrected chi connectivity index (χ1v) is 11.1. The molecule has 1 unspecified atom stereocenters. The smallest absolute Gasteiger partial charge is 0.323 e. The predicted molar refractivity (Wildman–Crippen MR) is 133 cm³/mol. The van der Waals surface area contributed by atoms with Crippen molar-refractivity contribution in [1.82, 2.24) is 10.3 Å². The fourth-order valence-electron chi connectivity index (χ4n) is 4.25. The normalized spacial score (nSPS) is 13.5. The number of aromatic nitrogens is 1. The predicted octanol–water partition coefficient (Wildman–Crippen LogP) is 4.50. The molecule has 0 radical (unpaired) electrons. The first kappa shape index (κ1) is 21.4. The topological polar surface area (TPSA) is 98.5 Å². The molecule has 34 heavy (non-hydrogen) atoms. The van der Waals surface area contributed by atoms with Gasteiger partial charge in [-0.15, -0.1) is 0 Å². The number of H-pyrrole nitrogens is 1. The van der Waals surface area contributed by atoms with Crippen molar-refractivity contribution in [3.63, 3.8) is 0 Å². The number of nitrogens with zero attached hydrogens (tertiary/aromatic N) is 1. The second kappa shape index (κ2) is 9.19. The SMILES string of the molecule is CNC(=O)C(c1ccccc1)N1CCOc2ccc(NC(=O)Nc3ccc4cc[nH]c4c3)cc21. The second-order valence-corrected chi connectivity index (χ2v) is 8.01. The van der Waals surface area contributed by atoms with Gasteiger partial charge in [0.25, 0.3) is 0 Å². The van der Waals surface area contributed by atoms with Gasteiger partial charge in [0, 0.05) is 30.1 Å². The molecule has 0 saturated carbocycles. The molecule has 1 aromatic heterocycles. The Bertz CT molecular complexity index is 1330. The van der Waals surface area contributed by atoms with E-state index in [4.69, 9.17) is 4.74 Å². The maximum Gasteiger partial charge on any atom is 0.323 e. The van der Waals surface area contributed by atoms with Crippen molar-refractivity contribution in [2.24, 2.45) is 0 Å². The van der Waals surface area contributed by atoms with Crippen LogP contribution in [-0.2, 0) is 4.79 Å². The number of likely N-dealkylation sites (N-methyl/N-ethyl adjacent to an activating group) is 1. The summed E-state index contributed by atoms with van der Waals surface area (Å²) >= 11 is 0. The summed E-state index contributed by atoms with van der Waals surface area (Å²) in [6, 6.07) is 21.8. The largest absolute Gasteiger partial charge is 0.490 e. The van der Waals surface area contributed by atoms with Gasteiger partial charge in [0.05, 0.1) is 12.2 Å². The summed E-state index contributed by atoms with van der Waals surface area (Å²) in [5.41, 5.74) is 3.84. The fraction of sp³-hybridized carbons (Fsp3) is 0.154. The van der Waals surface area contributed by atoms with Crippen molar-refractivity contribution < 1.29 is 14.3 Å². The van der Waals surface area contributed by atoms with Crippen LogP contribution in [0.4, 0.5) is 21.9 Å². The van der Waals surface area contributed by atoms with Crippen molar-refractivity contribution in [1.29, 1.82) is 0 Å². The molecule has 1 aliphatic heterocycles. The first-order chi connectivity index (χ1) is 16.6. The summed E-state index contributed by atoms with van der Waals surface area (Å²) in [5.74, 6) is 0.550. The molecule has 8 heteroatoms. The minimum Gasteiger partial charge on any atom is -0.490 e. The van der Waals surface area contributed by atoms with E-state index in [0.29, 0.717) is 30.3 Å². The Kier molecular flexibility index (Phi) is 5.78. The molecule has 0 saturated heterocycles. The van der Waals surface area contributed by atoms with Gasteiger partial charge in [-0.05, 0) is 47.3 Å². The van der Waals surface area contributed by atoms with Gasteiger partial charge in [0.1, 0.15) is 18.4 Å². The van der Waals surface area contributed by atoms with Crippen LogP contribution in [0.1, 0.15) is 11.6 Å². The number of aromatic amines is 1. The summed E-state index contributed by atoms with van der Waals surface area (Å²) in [7, 11) is 1.63. The molecule has 4 aromatic rings. The van der Waals surface area contributed by atoms with Crippen LogP contribution < -0.4 is 25.6 Å². The molecule has 8 nitrogen and oxygen atoms in total. The third-order valence-corrected chi connectivity index (χ3v) is 5.85. The molecule has 0 bridgehead atoms. The Hall–Kier alpha value is -4.46. The quantitative estimate of drug-likeness (QED) is 0.356. The summed E-state index contributed by atoms with van der Waals surface area (Å²) < 4.78 is 5.84. The number of carbonyl (C=O) groups excluding carboxylic acids is 2. The maximum atomic E-state index is 12.9. The highest BCUT2D eigenvalue weighted by Crippen LogP contribution is 2.39. The van der Waals surface area contributed by atoms with Crippen LogP contribution in [0, 0.1) is 0 Å². The molecular weight excluding hydrogens is 430 g/mol. The summed E-state index contributed by atoms with van der Waals surface area (Å²) in [5, 5.41) is 9.59. The lowest BCUT2D eigenvalue weighted by atomic mass is 10.0. The van der Waals surface area contributed by atoms with Crippen LogP contribution in [0.15, 0.2) is 79.0 Å². The number of hydrogen-bond donors (Lipinski definition) is 4. The van der Waals surface area contributed by atoms with E-state index in [2.05, 4.69) is 20.9 Å². The van der Waals surface area contributed by atoms with E-state index >= 15 is 0 Å². The highest BCUT2D eigenvalue weighted by molar-refractivity contribution is 6.01. The third kappa shape index (κ3) is 4.25. The molecule has 172 valence electrons. The minimum atomic E-state index is -0.523. The number of hydrogen-bond acceptors (Lipinski definition) is 4. The van der Waals surface area contributed by atoms with Gasteiger partial charge in [0.15, 0.2) is 0 Å². The second-order valence-electron chi connectivity index (χ2n) is 8.01. The fourth-order valence-corrected chi connectivity index (χ4v) is 4.25. The van der Waals surface area contributed by atoms with Gasteiger partial charge < -0.3 is 30.6 Å². The Morgan fingerprint density at radius 3 is 2.53 bits per heavy atom. The summed E-state index contributed by atoms with van der Waals surface area (Å²) in [6.07, 6.45) is 1.86. The maximum absolute atomic E-state index is 12.9. The van der Waals surface area contributed by atoms with Gasteiger partial charge in [0.2, 0.25) is 5.91 Å². The van der Waals surface area contributed by atoms with Gasteiger partial charge in [-0.1, -0.05) is 36.4 Å². The number of carbonyl (C=O) groups is 2. The number of ether oxygens (including phenoxy) is 1. The van der Waals surface area contributed by atoms with E-state index < -0.39 is 6.04 Å². The van der Waals surface area contributed by atoms with Crippen molar-refractivity contribution in [3.8, 4) is 5.75 Å². The van der Waals surface area contributed by atoms with Crippen LogP contribution in [0.25, 0.3) is 10.9 Å². The average molecular weight is 456 g/mol. The zero-order valence-electron chi connectivity index (χ0n) is 18.7. The van der Waals surface area contributed by atoms with Crippen LogP contribution in [-0.4, -0.2) is 37.1 Å². The Balaban J connectivity index is 1.39. The van der Waals surface area contributed by atoms with E-state index in [9.17, 15) is 9.59 Å². The van der Waals surface area contributed by atoms with E-state index in [1.165, 1.54) is 0 Å². The Morgan fingerprint density at radius 2 is 1.74 bits per heavy atom. The van der Waals surface area contributed by atoms with E-state index in [1.807, 2.05) is 77.8 Å². The third-order valence-electron chi connectivity index (χ3n) is 5.85. The number of amides is 3. The molecule has 3 aromatic carbocycles. The molecule has 0 fully saturated rings. The highest BCUT2D eigenvalue weighted by atomic mass is 16.5. The molecular formula is C26H25N5O3. The van der Waals surface area contributed by atoms with Crippen molar-refractivity contribution >= 4 is 39.9 Å². The zero-order valence-corrected chi connectivity index (χ0v) is 18.7. The summed E-state index contributed by atoms with van der Waals surface area (Å²) in [4.78, 5) is 30.7. The van der Waals surface area contributed by atoms with Gasteiger partial charge in [-0.25, -0.2) is 4.79 Å². The van der Waals surface area contributed by atoms with Gasteiger partial charge in [-0.3, -0.25) is 4.79 Å². The standard InChI is InChI=1S/C26H25N5O3/c1-27-25(32)24(18-5-3-2-4-6-18)31-13-14-34-23-10-9-20(16-22(23)31)30-26(33)29-19-8-7-17-11-12-28-21(17)15-19/h2-12,15-16,24,28H,13-14H2,1H3,(H,27,32)(H2,29,30,33). The molecule has 4 N–H and O–H groups in total. The molecule has 2 heterocycles. The average Bonchev–Trinajstić information content (AvgIpc) is 3.33. The van der Waals surface area contributed by atoms with Gasteiger partial charge >= 0.3 is 6.03 Å². The summed E-state index contributed by atoms with van der Waals surface area (Å²) in [6.45, 7) is 0.994. The van der Waals surface area contributed by atoms with Crippen LogP contribution in [0.2, 0.25) is 0 Å². The number of anilines is 3. The Labute approximate surface area is 196 Å². The van der Waals surface area contributed by atoms with Crippen LogP contribution in [0.5, 0.6) is 5.75 Å². The molecule has 5 rings (SSSR count). The van der Waals surface area contributed by atoms with E-state index in [0.717, 1.165) is 22.2 Å². The molecule has 3 amide bonds. The monoisotopic (exact) mass is 455 g/mol. The lowest BCUT2D eigenvalue weighted by Gasteiger charge is -2.37. The van der Waals surface area contributed by atoms with Crippen LogP contribution in [0.3, 0.4) is 0 Å². The minimum absolute atomic E-state index is 0.116. The Morgan fingerprint density at radius 1 is 0.971 bits per heavy atom. The molecule has 0 spiro atoms. The van der Waals surface area contributed by atoms with E-state index in [-0.39, 0.29) is 11.9 Å². The van der Waals surface area contributed by atoms with Gasteiger partial charge in [-0.2, -0.15) is 0 Å². The number of urea groups is 1. The first-order valence-electron chi connectivity index (χ1n) is 11.1. The molecule has 1 atom stereocenters. The molecule has 1 aliphatic rings. The van der Waals surface area contributed by atoms with Crippen LogP contribution >= 0.6 is 0 Å². The number of benzene rings is 3. The number of nitrogens with one attached hydrogen (secondary N) is 4. The number of rotatable bonds is 5. The van der Waals surface area contributed by atoms with E-state index in [1.54, 1.807) is 13.1 Å². The van der Waals surface area contributed by atoms with Crippen molar-refractivity contribution in [2.45, 2.75) is 6.04 Å². The lowest BCUT2D eigenvalue weighted by Crippen LogP contribution is -2.43. The highest BCUT2D eigenvalue weighted by Gasteiger charge is 2.31. The lowest BCUT2D eigenvalue weighted by molar-refractivity contribution is -0.122. The molecule has 0 aliphatic carbocycles. The van der Waals surface area contributed by atoms with Crippen molar-refractivity contribution in [2.75, 3.05) is 35.7 Å². The zero-order chi connectivity index (χ0) is 23.5. The number of fused-ring (bicyclic) bond motifs is 2.